The Bertz CT molecular complexity index is 181. The second-order valence-corrected chi connectivity index (χ2v) is 5.13. The van der Waals surface area contributed by atoms with E-state index in [-0.39, 0.29) is 0 Å². The van der Waals surface area contributed by atoms with E-state index in [0.29, 0.717) is 11.6 Å². The fraction of sp³-hybridized carbons (Fsp3) is 1.00. The van der Waals surface area contributed by atoms with Crippen LogP contribution in [0.2, 0.25) is 0 Å². The zero-order valence-corrected chi connectivity index (χ0v) is 9.59. The van der Waals surface area contributed by atoms with Crippen LogP contribution in [0.5, 0.6) is 0 Å². The molecule has 1 heterocycles. The van der Waals surface area contributed by atoms with E-state index < -0.39 is 0 Å². The summed E-state index contributed by atoms with van der Waals surface area (Å²) in [5.41, 5.74) is 0.445. The Hall–Kier alpha value is -0.0800. The Balaban J connectivity index is 1.88. The first-order valence-electron chi connectivity index (χ1n) is 6.10. The molecule has 82 valence electrons. The summed E-state index contributed by atoms with van der Waals surface area (Å²) in [5.74, 6) is 0. The predicted molar refractivity (Wildman–Crippen MR) is 58.5 cm³/mol. The molecule has 0 radical (unpaired) electrons. The van der Waals surface area contributed by atoms with E-state index in [9.17, 15) is 0 Å². The molecule has 1 saturated heterocycles. The van der Waals surface area contributed by atoms with Gasteiger partial charge < -0.3 is 4.74 Å². The van der Waals surface area contributed by atoms with E-state index in [0.717, 1.165) is 6.61 Å². The van der Waals surface area contributed by atoms with Crippen LogP contribution in [-0.4, -0.2) is 36.2 Å². The molecule has 14 heavy (non-hydrogen) atoms. The molecular weight excluding hydrogens is 174 g/mol. The van der Waals surface area contributed by atoms with Crippen LogP contribution in [-0.2, 0) is 4.74 Å². The van der Waals surface area contributed by atoms with Crippen LogP contribution < -0.4 is 0 Å². The molecule has 1 aliphatic carbocycles. The van der Waals surface area contributed by atoms with Gasteiger partial charge in [0.25, 0.3) is 0 Å². The Morgan fingerprint density at radius 1 is 1.14 bits per heavy atom. The lowest BCUT2D eigenvalue weighted by Crippen LogP contribution is -2.56. The number of hydrogen-bond donors (Lipinski definition) is 0. The fourth-order valence-electron chi connectivity index (χ4n) is 2.65. The molecule has 2 heteroatoms. The second-order valence-electron chi connectivity index (χ2n) is 5.13. The van der Waals surface area contributed by atoms with Crippen molar-refractivity contribution in [2.45, 2.75) is 57.6 Å². The fourth-order valence-corrected chi connectivity index (χ4v) is 2.65. The molecule has 2 fully saturated rings. The van der Waals surface area contributed by atoms with Crippen molar-refractivity contribution < 1.29 is 4.74 Å². The molecule has 0 aromatic heterocycles. The zero-order chi connectivity index (χ0) is 10.0. The van der Waals surface area contributed by atoms with Crippen molar-refractivity contribution in [3.63, 3.8) is 0 Å². The normalized spacial score (nSPS) is 26.8. The quantitative estimate of drug-likeness (QED) is 0.686. The third kappa shape index (κ3) is 1.96. The summed E-state index contributed by atoms with van der Waals surface area (Å²) in [7, 11) is 0. The summed E-state index contributed by atoms with van der Waals surface area (Å²) >= 11 is 0. The van der Waals surface area contributed by atoms with Crippen LogP contribution in [0, 0.1) is 0 Å². The molecule has 0 aromatic rings. The molecule has 2 nitrogen and oxygen atoms in total. The molecule has 2 rings (SSSR count). The predicted octanol–water partition coefficient (Wildman–Crippen LogP) is 2.43. The van der Waals surface area contributed by atoms with Gasteiger partial charge in [0.05, 0.1) is 12.7 Å². The van der Waals surface area contributed by atoms with Crippen molar-refractivity contribution in [3.05, 3.63) is 0 Å². The summed E-state index contributed by atoms with van der Waals surface area (Å²) in [6.45, 7) is 7.85. The minimum absolute atomic E-state index is 0.384. The molecule has 1 aliphatic heterocycles. The van der Waals surface area contributed by atoms with E-state index >= 15 is 0 Å². The Labute approximate surface area is 87.6 Å². The van der Waals surface area contributed by atoms with Gasteiger partial charge in [-0.25, -0.2) is 0 Å². The monoisotopic (exact) mass is 197 g/mol. The molecule has 0 atom stereocenters. The smallest absolute Gasteiger partial charge is 0.0653 e. The van der Waals surface area contributed by atoms with Gasteiger partial charge in [-0.1, -0.05) is 0 Å². The van der Waals surface area contributed by atoms with Crippen molar-refractivity contribution in [2.24, 2.45) is 0 Å². The number of hydrogen-bond acceptors (Lipinski definition) is 2. The standard InChI is InChI=1S/C12H23NO/c1-11(2)14-10-12(6-5-7-12)13-8-3-4-9-13/h11H,3-10H2,1-2H3. The van der Waals surface area contributed by atoms with Gasteiger partial charge in [0.1, 0.15) is 0 Å². The van der Waals surface area contributed by atoms with Crippen LogP contribution in [0.1, 0.15) is 46.0 Å². The van der Waals surface area contributed by atoms with Gasteiger partial charge in [0.2, 0.25) is 0 Å². The van der Waals surface area contributed by atoms with Crippen LogP contribution in [0.25, 0.3) is 0 Å². The first-order chi connectivity index (χ1) is 6.73. The largest absolute Gasteiger partial charge is 0.377 e. The minimum atomic E-state index is 0.384. The molecule has 0 spiro atoms. The van der Waals surface area contributed by atoms with Crippen LogP contribution >= 0.6 is 0 Å². The van der Waals surface area contributed by atoms with Crippen molar-refractivity contribution >= 4 is 0 Å². The molecule has 0 unspecified atom stereocenters. The van der Waals surface area contributed by atoms with E-state index in [1.54, 1.807) is 0 Å². The summed E-state index contributed by atoms with van der Waals surface area (Å²) in [6.07, 6.45) is 7.29. The Morgan fingerprint density at radius 3 is 2.21 bits per heavy atom. The Morgan fingerprint density at radius 2 is 1.79 bits per heavy atom. The number of likely N-dealkylation sites (tertiary alicyclic amines) is 1. The maximum Gasteiger partial charge on any atom is 0.0653 e. The average molecular weight is 197 g/mol. The van der Waals surface area contributed by atoms with Gasteiger partial charge in [0.15, 0.2) is 0 Å². The van der Waals surface area contributed by atoms with Crippen LogP contribution in [0.4, 0.5) is 0 Å². The topological polar surface area (TPSA) is 12.5 Å². The SMILES string of the molecule is CC(C)OCC1(N2CCCC2)CCC1. The third-order valence-corrected chi connectivity index (χ3v) is 3.75. The summed E-state index contributed by atoms with van der Waals surface area (Å²) in [6, 6.07) is 0. The van der Waals surface area contributed by atoms with E-state index in [1.165, 1.54) is 45.2 Å². The molecule has 0 bridgehead atoms. The van der Waals surface area contributed by atoms with Gasteiger partial charge in [-0.3, -0.25) is 4.90 Å². The molecule has 0 aromatic carbocycles. The third-order valence-electron chi connectivity index (χ3n) is 3.75. The lowest BCUT2D eigenvalue weighted by molar-refractivity contribution is -0.0626. The van der Waals surface area contributed by atoms with Crippen LogP contribution in [0.3, 0.4) is 0 Å². The molecule has 1 saturated carbocycles. The van der Waals surface area contributed by atoms with E-state index in [2.05, 4.69) is 18.7 Å². The highest BCUT2D eigenvalue weighted by atomic mass is 16.5. The van der Waals surface area contributed by atoms with Crippen molar-refractivity contribution in [2.75, 3.05) is 19.7 Å². The highest BCUT2D eigenvalue weighted by Crippen LogP contribution is 2.40. The molecule has 0 amide bonds. The molecular formula is C12H23NO. The summed E-state index contributed by atoms with van der Waals surface area (Å²) < 4.78 is 5.82. The number of rotatable bonds is 4. The van der Waals surface area contributed by atoms with Gasteiger partial charge >= 0.3 is 0 Å². The van der Waals surface area contributed by atoms with Gasteiger partial charge in [-0.2, -0.15) is 0 Å². The number of ether oxygens (including phenoxy) is 1. The lowest BCUT2D eigenvalue weighted by Gasteiger charge is -2.49. The first kappa shape index (κ1) is 10.4. The summed E-state index contributed by atoms with van der Waals surface area (Å²) in [5, 5.41) is 0. The first-order valence-corrected chi connectivity index (χ1v) is 6.10. The Kier molecular flexibility index (Phi) is 3.13. The summed E-state index contributed by atoms with van der Waals surface area (Å²) in [4.78, 5) is 2.68. The van der Waals surface area contributed by atoms with Crippen LogP contribution in [0.15, 0.2) is 0 Å². The highest BCUT2D eigenvalue weighted by Gasteiger charge is 2.43. The average Bonchev–Trinajstić information content (AvgIpc) is 2.55. The molecule has 0 N–H and O–H groups in total. The second kappa shape index (κ2) is 4.19. The van der Waals surface area contributed by atoms with Crippen molar-refractivity contribution in [3.8, 4) is 0 Å². The molecule has 2 aliphatic rings. The minimum Gasteiger partial charge on any atom is -0.377 e. The maximum absolute atomic E-state index is 5.82. The highest BCUT2D eigenvalue weighted by molar-refractivity contribution is 4.99. The zero-order valence-electron chi connectivity index (χ0n) is 9.59. The lowest BCUT2D eigenvalue weighted by atomic mass is 9.76. The van der Waals surface area contributed by atoms with Gasteiger partial charge in [-0.05, 0) is 59.0 Å². The van der Waals surface area contributed by atoms with Crippen molar-refractivity contribution in [1.29, 1.82) is 0 Å². The van der Waals surface area contributed by atoms with E-state index in [4.69, 9.17) is 4.74 Å². The van der Waals surface area contributed by atoms with Gasteiger partial charge in [-0.15, -0.1) is 0 Å². The van der Waals surface area contributed by atoms with Gasteiger partial charge in [0, 0.05) is 5.54 Å². The van der Waals surface area contributed by atoms with E-state index in [1.807, 2.05) is 0 Å². The maximum atomic E-state index is 5.82. The van der Waals surface area contributed by atoms with Crippen molar-refractivity contribution in [1.82, 2.24) is 4.90 Å². The number of nitrogens with zero attached hydrogens (tertiary/aromatic N) is 1.